The Bertz CT molecular complexity index is 162. The molecule has 4 heteroatoms. The molecule has 1 saturated heterocycles. The summed E-state index contributed by atoms with van der Waals surface area (Å²) in [6.07, 6.45) is 1.35. The van der Waals surface area contributed by atoms with Crippen LogP contribution in [0.25, 0.3) is 0 Å². The number of hydrogen-bond donors (Lipinski definition) is 0. The van der Waals surface area contributed by atoms with E-state index in [0.717, 1.165) is 0 Å². The monoisotopic (exact) mass is 326 g/mol. The molecule has 0 saturated carbocycles. The first-order valence-corrected chi connectivity index (χ1v) is 10.5. The minimum atomic E-state index is -1.01. The summed E-state index contributed by atoms with van der Waals surface area (Å²) in [5.74, 6) is 0. The van der Waals surface area contributed by atoms with E-state index in [4.69, 9.17) is 0 Å². The Kier molecular flexibility index (Phi) is 5.37. The van der Waals surface area contributed by atoms with Crippen molar-refractivity contribution >= 4 is 30.8 Å². The van der Waals surface area contributed by atoms with Crippen LogP contribution in [-0.4, -0.2) is 54.9 Å². The molecule has 0 bridgehead atoms. The predicted octanol–water partition coefficient (Wildman–Crippen LogP) is 2.26. The Balaban J connectivity index is 2.24. The van der Waals surface area contributed by atoms with E-state index in [0.29, 0.717) is 0 Å². The molecular weight excluding hydrogens is 303 g/mol. The van der Waals surface area contributed by atoms with E-state index in [2.05, 4.69) is 51.7 Å². The molecule has 1 aliphatic rings. The number of rotatable bonds is 4. The third kappa shape index (κ3) is 4.16. The number of piperazine rings is 1. The lowest BCUT2D eigenvalue weighted by Crippen LogP contribution is -2.56. The highest BCUT2D eigenvalue weighted by Crippen LogP contribution is 2.12. The van der Waals surface area contributed by atoms with Crippen molar-refractivity contribution in [2.75, 3.05) is 37.2 Å². The normalized spacial score (nSPS) is 21.4. The second-order valence-corrected chi connectivity index (χ2v) is 11.1. The van der Waals surface area contributed by atoms with Crippen LogP contribution >= 0.6 is 22.6 Å². The Morgan fingerprint density at radius 2 is 1.64 bits per heavy atom. The fraction of sp³-hybridized carbons (Fsp3) is 1.00. The van der Waals surface area contributed by atoms with Gasteiger partial charge in [-0.2, -0.15) is 0 Å². The van der Waals surface area contributed by atoms with Gasteiger partial charge < -0.3 is 9.47 Å². The molecule has 1 rings (SSSR count). The number of alkyl halides is 1. The lowest BCUT2D eigenvalue weighted by Gasteiger charge is -2.41. The molecule has 14 heavy (non-hydrogen) atoms. The number of nitrogens with zero attached hydrogens (tertiary/aromatic N) is 2. The van der Waals surface area contributed by atoms with Crippen LogP contribution in [0.15, 0.2) is 0 Å². The van der Waals surface area contributed by atoms with Gasteiger partial charge in [0.25, 0.3) is 0 Å². The van der Waals surface area contributed by atoms with Crippen molar-refractivity contribution in [3.63, 3.8) is 0 Å². The van der Waals surface area contributed by atoms with Gasteiger partial charge in [-0.1, -0.05) is 42.2 Å². The molecule has 0 radical (unpaired) electrons. The lowest BCUT2D eigenvalue weighted by molar-refractivity contribution is 0.185. The lowest BCUT2D eigenvalue weighted by atomic mass is 10.3. The van der Waals surface area contributed by atoms with Crippen molar-refractivity contribution in [2.24, 2.45) is 0 Å². The summed E-state index contributed by atoms with van der Waals surface area (Å²) in [5.41, 5.74) is 0. The Hall–Kier alpha value is 0.867. The average Bonchev–Trinajstić information content (AvgIpc) is 2.14. The van der Waals surface area contributed by atoms with E-state index in [-0.39, 0.29) is 0 Å². The zero-order valence-corrected chi connectivity index (χ0v) is 12.9. The molecule has 0 unspecified atom stereocenters. The van der Waals surface area contributed by atoms with Crippen LogP contribution in [0.5, 0.6) is 0 Å². The Morgan fingerprint density at radius 1 is 1.07 bits per heavy atom. The largest absolute Gasteiger partial charge is 0.321 e. The summed E-state index contributed by atoms with van der Waals surface area (Å²) >= 11 is 2.47. The van der Waals surface area contributed by atoms with Gasteiger partial charge in [-0.15, -0.1) is 0 Å². The molecule has 2 nitrogen and oxygen atoms in total. The molecule has 0 spiro atoms. The molecule has 84 valence electrons. The van der Waals surface area contributed by atoms with Crippen LogP contribution in [0.3, 0.4) is 0 Å². The highest BCUT2D eigenvalue weighted by Gasteiger charge is 2.26. The zero-order valence-electron chi connectivity index (χ0n) is 9.72. The van der Waals surface area contributed by atoms with Crippen molar-refractivity contribution in [3.8, 4) is 0 Å². The molecule has 0 aromatic heterocycles. The number of hydrogen-bond acceptors (Lipinski definition) is 2. The van der Waals surface area contributed by atoms with Crippen LogP contribution in [-0.2, 0) is 0 Å². The van der Waals surface area contributed by atoms with E-state index in [1.807, 2.05) is 0 Å². The van der Waals surface area contributed by atoms with Crippen molar-refractivity contribution < 1.29 is 0 Å². The Morgan fingerprint density at radius 3 is 2.07 bits per heavy atom. The molecule has 0 atom stereocenters. The fourth-order valence-corrected chi connectivity index (χ4v) is 3.81. The van der Waals surface area contributed by atoms with Gasteiger partial charge in [0.1, 0.15) is 8.24 Å². The maximum Gasteiger partial charge on any atom is 0.119 e. The van der Waals surface area contributed by atoms with Gasteiger partial charge in [0.05, 0.1) is 0 Å². The van der Waals surface area contributed by atoms with Gasteiger partial charge >= 0.3 is 0 Å². The van der Waals surface area contributed by atoms with Gasteiger partial charge in [0.15, 0.2) is 0 Å². The fourth-order valence-electron chi connectivity index (χ4n) is 1.93. The van der Waals surface area contributed by atoms with E-state index in [1.54, 1.807) is 0 Å². The molecule has 0 N–H and O–H groups in total. The summed E-state index contributed by atoms with van der Waals surface area (Å²) in [5, 5.41) is 0. The highest BCUT2D eigenvalue weighted by molar-refractivity contribution is 14.1. The molecule has 1 aliphatic heterocycles. The quantitative estimate of drug-likeness (QED) is 0.444. The Labute approximate surface area is 103 Å². The smallest absolute Gasteiger partial charge is 0.119 e. The summed E-state index contributed by atoms with van der Waals surface area (Å²) in [6, 6.07) is 0. The van der Waals surface area contributed by atoms with Crippen molar-refractivity contribution in [3.05, 3.63) is 0 Å². The topological polar surface area (TPSA) is 6.48 Å². The van der Waals surface area contributed by atoms with Crippen LogP contribution < -0.4 is 0 Å². The first kappa shape index (κ1) is 12.9. The van der Waals surface area contributed by atoms with Gasteiger partial charge in [-0.3, -0.25) is 0 Å². The third-order valence-corrected chi connectivity index (χ3v) is 6.04. The number of halogens is 1. The van der Waals surface area contributed by atoms with E-state index < -0.39 is 8.24 Å². The summed E-state index contributed by atoms with van der Waals surface area (Å²) in [7, 11) is -1.01. The second-order valence-electron chi connectivity index (χ2n) is 5.04. The third-order valence-electron chi connectivity index (χ3n) is 2.93. The zero-order chi connectivity index (χ0) is 10.6. The highest BCUT2D eigenvalue weighted by atomic mass is 127. The molecule has 0 aliphatic carbocycles. The maximum absolute atomic E-state index is 2.73. The summed E-state index contributed by atoms with van der Waals surface area (Å²) < 4.78 is 4.03. The molecule has 0 aromatic carbocycles. The second kappa shape index (κ2) is 5.82. The maximum atomic E-state index is 2.73. The van der Waals surface area contributed by atoms with E-state index in [1.165, 1.54) is 43.6 Å². The molecule has 0 aromatic rings. The van der Waals surface area contributed by atoms with E-state index >= 15 is 0 Å². The van der Waals surface area contributed by atoms with Crippen LogP contribution in [0.2, 0.25) is 19.6 Å². The standard InChI is InChI=1S/C10H23IN2Si/c1-14(2,3)13-9-7-12(8-10-13)6-4-5-11/h4-10H2,1-3H3. The molecule has 1 fully saturated rings. The predicted molar refractivity (Wildman–Crippen MR) is 74.9 cm³/mol. The van der Waals surface area contributed by atoms with Gasteiger partial charge in [0.2, 0.25) is 0 Å². The average molecular weight is 326 g/mol. The van der Waals surface area contributed by atoms with Gasteiger partial charge in [-0.25, -0.2) is 0 Å². The van der Waals surface area contributed by atoms with Crippen molar-refractivity contribution in [2.45, 2.75) is 26.1 Å². The first-order valence-electron chi connectivity index (χ1n) is 5.57. The van der Waals surface area contributed by atoms with E-state index in [9.17, 15) is 0 Å². The van der Waals surface area contributed by atoms with Crippen LogP contribution in [0, 0.1) is 0 Å². The summed E-state index contributed by atoms with van der Waals surface area (Å²) in [4.78, 5) is 2.62. The van der Waals surface area contributed by atoms with Crippen molar-refractivity contribution in [1.29, 1.82) is 0 Å². The van der Waals surface area contributed by atoms with Crippen molar-refractivity contribution in [1.82, 2.24) is 9.47 Å². The van der Waals surface area contributed by atoms with Gasteiger partial charge in [-0.05, 0) is 13.0 Å². The molecule has 1 heterocycles. The van der Waals surface area contributed by atoms with Gasteiger partial charge in [0, 0.05) is 30.6 Å². The minimum Gasteiger partial charge on any atom is -0.321 e. The summed E-state index contributed by atoms with van der Waals surface area (Å²) in [6.45, 7) is 13.9. The minimum absolute atomic E-state index is 1.01. The molecular formula is C10H23IN2Si. The SMILES string of the molecule is C[Si](C)(C)N1CCN(CCCI)CC1. The van der Waals surface area contributed by atoms with Crippen LogP contribution in [0.1, 0.15) is 6.42 Å². The molecule has 0 amide bonds. The van der Waals surface area contributed by atoms with Crippen LogP contribution in [0.4, 0.5) is 0 Å². The first-order chi connectivity index (χ1) is 6.54.